The Bertz CT molecular complexity index is 849. The van der Waals surface area contributed by atoms with E-state index in [9.17, 15) is 8.78 Å². The molecular formula is C25H27F3. The molecule has 1 aliphatic rings. The molecule has 0 spiro atoms. The lowest BCUT2D eigenvalue weighted by atomic mass is 9.78. The average Bonchev–Trinajstić information content (AvgIpc) is 2.71. The number of unbranched alkanes of at least 4 members (excludes halogenated alkanes) is 4. The van der Waals surface area contributed by atoms with Crippen LogP contribution in [0.15, 0.2) is 60.7 Å². The average molecular weight is 384 g/mol. The van der Waals surface area contributed by atoms with Gasteiger partial charge in [0.15, 0.2) is 17.3 Å². The lowest BCUT2D eigenvalue weighted by Gasteiger charge is -2.30. The van der Waals surface area contributed by atoms with Crippen molar-refractivity contribution < 1.29 is 13.2 Å². The third kappa shape index (κ3) is 4.57. The Morgan fingerprint density at radius 3 is 2.36 bits per heavy atom. The summed E-state index contributed by atoms with van der Waals surface area (Å²) in [7, 11) is 0. The van der Waals surface area contributed by atoms with Crippen LogP contribution in [0.25, 0.3) is 5.57 Å². The van der Waals surface area contributed by atoms with Crippen molar-refractivity contribution >= 4 is 5.57 Å². The highest BCUT2D eigenvalue weighted by Gasteiger charge is 2.37. The third-order valence-corrected chi connectivity index (χ3v) is 5.44. The topological polar surface area (TPSA) is 0 Å². The summed E-state index contributed by atoms with van der Waals surface area (Å²) in [6.07, 6.45) is 12.5. The summed E-state index contributed by atoms with van der Waals surface area (Å²) in [5.74, 6) is -1.89. The van der Waals surface area contributed by atoms with Crippen molar-refractivity contribution in [2.75, 3.05) is 0 Å². The van der Waals surface area contributed by atoms with Crippen LogP contribution in [0.5, 0.6) is 0 Å². The number of hydrogen-bond donors (Lipinski definition) is 0. The van der Waals surface area contributed by atoms with Gasteiger partial charge in [-0.15, -0.1) is 0 Å². The molecule has 3 heteroatoms. The van der Waals surface area contributed by atoms with E-state index < -0.39 is 17.3 Å². The van der Waals surface area contributed by atoms with Crippen LogP contribution in [0.2, 0.25) is 0 Å². The third-order valence-electron chi connectivity index (χ3n) is 5.44. The second kappa shape index (κ2) is 9.27. The van der Waals surface area contributed by atoms with Gasteiger partial charge in [-0.1, -0.05) is 81.2 Å². The van der Waals surface area contributed by atoms with Gasteiger partial charge in [-0.25, -0.2) is 13.2 Å². The highest BCUT2D eigenvalue weighted by atomic mass is 19.2. The van der Waals surface area contributed by atoms with E-state index in [4.69, 9.17) is 0 Å². The minimum Gasteiger partial charge on any atom is -0.233 e. The van der Waals surface area contributed by atoms with Crippen molar-refractivity contribution in [1.29, 1.82) is 0 Å². The van der Waals surface area contributed by atoms with E-state index in [1.807, 2.05) is 24.3 Å². The lowest BCUT2D eigenvalue weighted by molar-refractivity contribution is 0.249. The Hall–Kier alpha value is -2.29. The zero-order chi connectivity index (χ0) is 20.0. The molecule has 3 rings (SSSR count). The maximum Gasteiger partial charge on any atom is 0.165 e. The van der Waals surface area contributed by atoms with E-state index in [0.717, 1.165) is 25.0 Å². The first-order valence-corrected chi connectivity index (χ1v) is 10.2. The van der Waals surface area contributed by atoms with Gasteiger partial charge in [0, 0.05) is 12.0 Å². The number of alkyl halides is 1. The SMILES string of the molecule is CCCCCCCc1ccc(C2(F)CC=CC=C2c2ccc(F)c(F)c2)cc1. The highest BCUT2D eigenvalue weighted by molar-refractivity contribution is 5.76. The van der Waals surface area contributed by atoms with Gasteiger partial charge in [-0.2, -0.15) is 0 Å². The van der Waals surface area contributed by atoms with Gasteiger partial charge in [-0.05, 0) is 41.7 Å². The fraction of sp³-hybridized carbons (Fsp3) is 0.360. The number of halogens is 3. The van der Waals surface area contributed by atoms with Crippen molar-refractivity contribution in [2.45, 2.75) is 57.5 Å². The first kappa shape index (κ1) is 20.4. The van der Waals surface area contributed by atoms with Crippen molar-refractivity contribution in [3.05, 3.63) is 89.0 Å². The molecule has 2 aromatic carbocycles. The van der Waals surface area contributed by atoms with Crippen molar-refractivity contribution in [1.82, 2.24) is 0 Å². The summed E-state index contributed by atoms with van der Waals surface area (Å²) in [5, 5.41) is 0. The monoisotopic (exact) mass is 384 g/mol. The number of benzene rings is 2. The molecule has 1 atom stereocenters. The van der Waals surface area contributed by atoms with Crippen LogP contribution in [-0.4, -0.2) is 0 Å². The largest absolute Gasteiger partial charge is 0.233 e. The summed E-state index contributed by atoms with van der Waals surface area (Å²) in [6.45, 7) is 2.20. The molecule has 1 aliphatic carbocycles. The summed E-state index contributed by atoms with van der Waals surface area (Å²) in [6, 6.07) is 11.2. The zero-order valence-corrected chi connectivity index (χ0v) is 16.4. The minimum absolute atomic E-state index is 0.175. The molecule has 0 bridgehead atoms. The normalized spacial score (nSPS) is 18.9. The summed E-state index contributed by atoms with van der Waals surface area (Å²) in [4.78, 5) is 0. The second-order valence-electron chi connectivity index (χ2n) is 7.50. The zero-order valence-electron chi connectivity index (χ0n) is 16.4. The Morgan fingerprint density at radius 1 is 0.893 bits per heavy atom. The fourth-order valence-corrected chi connectivity index (χ4v) is 3.77. The molecule has 0 radical (unpaired) electrons. The molecule has 0 amide bonds. The first-order valence-electron chi connectivity index (χ1n) is 10.2. The summed E-state index contributed by atoms with van der Waals surface area (Å²) in [5.41, 5.74) is 0.724. The highest BCUT2D eigenvalue weighted by Crippen LogP contribution is 2.45. The summed E-state index contributed by atoms with van der Waals surface area (Å²) < 4.78 is 43.1. The van der Waals surface area contributed by atoms with Crippen molar-refractivity contribution in [2.24, 2.45) is 0 Å². The Balaban J connectivity index is 1.77. The standard InChI is InChI=1S/C25H27F3/c1-2-3-4-5-6-9-19-11-14-21(15-12-19)25(28)17-8-7-10-22(25)20-13-16-23(26)24(27)18-20/h7-8,10-16,18H,2-6,9,17H2,1H3. The second-order valence-corrected chi connectivity index (χ2v) is 7.50. The molecule has 148 valence electrons. The van der Waals surface area contributed by atoms with Gasteiger partial charge in [0.05, 0.1) is 0 Å². The maximum absolute atomic E-state index is 16.1. The molecule has 0 N–H and O–H groups in total. The predicted molar refractivity (Wildman–Crippen MR) is 110 cm³/mol. The minimum atomic E-state index is -1.75. The number of aryl methyl sites for hydroxylation is 1. The van der Waals surface area contributed by atoms with Gasteiger partial charge in [-0.3, -0.25) is 0 Å². The molecule has 0 saturated heterocycles. The molecule has 2 aromatic rings. The van der Waals surface area contributed by atoms with Gasteiger partial charge < -0.3 is 0 Å². The van der Waals surface area contributed by atoms with Gasteiger partial charge in [0.25, 0.3) is 0 Å². The van der Waals surface area contributed by atoms with E-state index in [1.165, 1.54) is 37.3 Å². The fourth-order valence-electron chi connectivity index (χ4n) is 3.77. The maximum atomic E-state index is 16.1. The molecule has 0 nitrogen and oxygen atoms in total. The van der Waals surface area contributed by atoms with Gasteiger partial charge in [0.1, 0.15) is 0 Å². The quantitative estimate of drug-likeness (QED) is 0.409. The number of allylic oxidation sites excluding steroid dienone is 4. The van der Waals surface area contributed by atoms with Crippen molar-refractivity contribution in [3.63, 3.8) is 0 Å². The molecule has 1 unspecified atom stereocenters. The van der Waals surface area contributed by atoms with Crippen LogP contribution in [0.4, 0.5) is 13.2 Å². The van der Waals surface area contributed by atoms with E-state index in [2.05, 4.69) is 6.92 Å². The van der Waals surface area contributed by atoms with Crippen LogP contribution in [0.1, 0.15) is 62.1 Å². The lowest BCUT2D eigenvalue weighted by Crippen LogP contribution is -2.23. The molecule has 0 fully saturated rings. The van der Waals surface area contributed by atoms with Gasteiger partial charge in [0.2, 0.25) is 0 Å². The van der Waals surface area contributed by atoms with Crippen LogP contribution >= 0.6 is 0 Å². The Morgan fingerprint density at radius 2 is 1.64 bits per heavy atom. The van der Waals surface area contributed by atoms with Gasteiger partial charge >= 0.3 is 0 Å². The van der Waals surface area contributed by atoms with E-state index in [1.54, 1.807) is 18.2 Å². The first-order chi connectivity index (χ1) is 13.5. The Kier molecular flexibility index (Phi) is 6.77. The van der Waals surface area contributed by atoms with E-state index in [0.29, 0.717) is 16.7 Å². The Labute approximate surface area is 165 Å². The van der Waals surface area contributed by atoms with Crippen molar-refractivity contribution in [3.8, 4) is 0 Å². The number of hydrogen-bond acceptors (Lipinski definition) is 0. The molecule has 28 heavy (non-hydrogen) atoms. The molecule has 0 heterocycles. The predicted octanol–water partition coefficient (Wildman–Crippen LogP) is 7.69. The molecular weight excluding hydrogens is 357 g/mol. The molecule has 0 aromatic heterocycles. The van der Waals surface area contributed by atoms with E-state index >= 15 is 4.39 Å². The smallest absolute Gasteiger partial charge is 0.165 e. The number of rotatable bonds is 8. The molecule has 0 aliphatic heterocycles. The van der Waals surface area contributed by atoms with Crippen LogP contribution < -0.4 is 0 Å². The van der Waals surface area contributed by atoms with Crippen LogP contribution in [0, 0.1) is 11.6 Å². The van der Waals surface area contributed by atoms with E-state index in [-0.39, 0.29) is 6.42 Å². The summed E-state index contributed by atoms with van der Waals surface area (Å²) >= 11 is 0. The van der Waals surface area contributed by atoms with Crippen LogP contribution in [-0.2, 0) is 12.1 Å². The molecule has 0 saturated carbocycles. The van der Waals surface area contributed by atoms with Crippen LogP contribution in [0.3, 0.4) is 0 Å².